The molecule has 0 aliphatic heterocycles. The first-order chi connectivity index (χ1) is 16.1. The molecule has 8 nitrogen and oxygen atoms in total. The molecule has 0 spiro atoms. The Kier molecular flexibility index (Phi) is 6.73. The van der Waals surface area contributed by atoms with Gasteiger partial charge in [-0.2, -0.15) is 10.2 Å². The van der Waals surface area contributed by atoms with E-state index in [2.05, 4.69) is 10.4 Å². The second kappa shape index (κ2) is 10.0. The molecular weight excluding hydrogens is 418 g/mol. The lowest BCUT2D eigenvalue weighted by molar-refractivity contribution is 0.0954. The van der Waals surface area contributed by atoms with Crippen molar-refractivity contribution in [1.82, 2.24) is 24.9 Å². The number of carbonyl (C=O) groups is 1. The van der Waals surface area contributed by atoms with Crippen LogP contribution < -0.4 is 14.8 Å². The van der Waals surface area contributed by atoms with Gasteiger partial charge < -0.3 is 14.8 Å². The molecule has 8 heteroatoms. The zero-order chi connectivity index (χ0) is 23.2. The number of para-hydroxylation sites is 1. The lowest BCUT2D eigenvalue weighted by atomic mass is 10.1. The van der Waals surface area contributed by atoms with Gasteiger partial charge in [-0.25, -0.2) is 4.68 Å². The van der Waals surface area contributed by atoms with E-state index in [9.17, 15) is 4.79 Å². The number of methoxy groups -OCH3 is 2. The van der Waals surface area contributed by atoms with Crippen LogP contribution in [0.2, 0.25) is 0 Å². The quantitative estimate of drug-likeness (QED) is 0.398. The van der Waals surface area contributed by atoms with E-state index >= 15 is 0 Å². The predicted molar refractivity (Wildman–Crippen MR) is 126 cm³/mol. The first-order valence-electron chi connectivity index (χ1n) is 10.7. The van der Waals surface area contributed by atoms with Crippen molar-refractivity contribution in [1.29, 1.82) is 0 Å². The summed E-state index contributed by atoms with van der Waals surface area (Å²) in [6.07, 6.45) is 7.24. The largest absolute Gasteiger partial charge is 0.497 e. The van der Waals surface area contributed by atoms with Gasteiger partial charge in [0, 0.05) is 37.6 Å². The number of rotatable bonds is 9. The average molecular weight is 446 g/mol. The minimum absolute atomic E-state index is 0.184. The third kappa shape index (κ3) is 5.06. The van der Waals surface area contributed by atoms with E-state index in [1.165, 1.54) is 0 Å². The van der Waals surface area contributed by atoms with Gasteiger partial charge >= 0.3 is 0 Å². The van der Waals surface area contributed by atoms with E-state index in [0.29, 0.717) is 34.9 Å². The van der Waals surface area contributed by atoms with Crippen LogP contribution in [0.15, 0.2) is 67.1 Å². The fourth-order valence-corrected chi connectivity index (χ4v) is 3.64. The topological polar surface area (TPSA) is 83.2 Å². The molecule has 2 heterocycles. The van der Waals surface area contributed by atoms with Crippen LogP contribution in [0.5, 0.6) is 11.5 Å². The van der Waals surface area contributed by atoms with Gasteiger partial charge in [-0.1, -0.05) is 18.2 Å². The van der Waals surface area contributed by atoms with E-state index < -0.39 is 0 Å². The van der Waals surface area contributed by atoms with Crippen molar-refractivity contribution in [3.63, 3.8) is 0 Å². The van der Waals surface area contributed by atoms with Crippen molar-refractivity contribution >= 4 is 5.91 Å². The molecule has 170 valence electrons. The number of benzene rings is 2. The summed E-state index contributed by atoms with van der Waals surface area (Å²) in [6.45, 7) is 0.545. The highest BCUT2D eigenvalue weighted by molar-refractivity contribution is 6.00. The second-order valence-corrected chi connectivity index (χ2v) is 7.62. The van der Waals surface area contributed by atoms with Crippen LogP contribution in [0.1, 0.15) is 22.3 Å². The molecule has 4 rings (SSSR count). The number of nitrogens with zero attached hydrogens (tertiary/aromatic N) is 4. The monoisotopic (exact) mass is 445 g/mol. The number of aromatic nitrogens is 4. The Morgan fingerprint density at radius 3 is 2.58 bits per heavy atom. The number of amides is 1. The Morgan fingerprint density at radius 2 is 1.88 bits per heavy atom. The SMILES string of the molecule is COc1ccc(-c2nn(-c3ccccc3)cc2C(=O)NCCCc2cnn(C)c2)c(OC)c1. The van der Waals surface area contributed by atoms with Gasteiger partial charge in [0.05, 0.1) is 31.7 Å². The van der Waals surface area contributed by atoms with E-state index in [1.807, 2.05) is 61.9 Å². The Hall–Kier alpha value is -4.07. The molecule has 0 fully saturated rings. The highest BCUT2D eigenvalue weighted by Crippen LogP contribution is 2.34. The van der Waals surface area contributed by atoms with E-state index in [-0.39, 0.29) is 5.91 Å². The van der Waals surface area contributed by atoms with Gasteiger partial charge in [-0.05, 0) is 42.7 Å². The van der Waals surface area contributed by atoms with Crippen molar-refractivity contribution in [2.24, 2.45) is 7.05 Å². The van der Waals surface area contributed by atoms with Crippen LogP contribution in [-0.4, -0.2) is 46.2 Å². The van der Waals surface area contributed by atoms with Crippen molar-refractivity contribution in [3.05, 3.63) is 78.2 Å². The number of ether oxygens (including phenoxy) is 2. The lowest BCUT2D eigenvalue weighted by Gasteiger charge is -2.10. The van der Waals surface area contributed by atoms with Crippen molar-refractivity contribution in [2.45, 2.75) is 12.8 Å². The zero-order valence-corrected chi connectivity index (χ0v) is 19.0. The molecule has 0 radical (unpaired) electrons. The summed E-state index contributed by atoms with van der Waals surface area (Å²) in [6, 6.07) is 15.2. The number of carbonyl (C=O) groups excluding carboxylic acids is 1. The molecule has 2 aromatic carbocycles. The third-order valence-electron chi connectivity index (χ3n) is 5.33. The number of hydrogen-bond acceptors (Lipinski definition) is 5. The minimum Gasteiger partial charge on any atom is -0.497 e. The lowest BCUT2D eigenvalue weighted by Crippen LogP contribution is -2.25. The summed E-state index contributed by atoms with van der Waals surface area (Å²) in [5.74, 6) is 1.06. The smallest absolute Gasteiger partial charge is 0.255 e. The molecule has 0 bridgehead atoms. The Balaban J connectivity index is 1.60. The molecule has 4 aromatic rings. The molecule has 0 unspecified atom stereocenters. The maximum Gasteiger partial charge on any atom is 0.255 e. The molecule has 0 saturated heterocycles. The Labute approximate surface area is 192 Å². The molecule has 0 aliphatic rings. The van der Waals surface area contributed by atoms with Crippen LogP contribution in [0.3, 0.4) is 0 Å². The zero-order valence-electron chi connectivity index (χ0n) is 19.0. The summed E-state index contributed by atoms with van der Waals surface area (Å²) >= 11 is 0. The van der Waals surface area contributed by atoms with Gasteiger partial charge in [0.2, 0.25) is 0 Å². The van der Waals surface area contributed by atoms with Gasteiger partial charge in [-0.15, -0.1) is 0 Å². The maximum atomic E-state index is 13.2. The van der Waals surface area contributed by atoms with Crippen molar-refractivity contribution in [2.75, 3.05) is 20.8 Å². The van der Waals surface area contributed by atoms with E-state index in [1.54, 1.807) is 35.8 Å². The van der Waals surface area contributed by atoms with Crippen LogP contribution in [0.4, 0.5) is 0 Å². The number of nitrogens with one attached hydrogen (secondary N) is 1. The standard InChI is InChI=1S/C25H27N5O3/c1-29-16-18(15-27-29)8-7-13-26-25(31)22-17-30(19-9-5-4-6-10-19)28-24(22)21-12-11-20(32-2)14-23(21)33-3/h4-6,9-12,14-17H,7-8,13H2,1-3H3,(H,26,31). The molecule has 33 heavy (non-hydrogen) atoms. The predicted octanol–water partition coefficient (Wildman–Crippen LogP) is 3.65. The summed E-state index contributed by atoms with van der Waals surface area (Å²) in [5, 5.41) is 11.9. The summed E-state index contributed by atoms with van der Waals surface area (Å²) in [7, 11) is 5.08. The van der Waals surface area contributed by atoms with Crippen LogP contribution >= 0.6 is 0 Å². The first kappa shape index (κ1) is 22.1. The molecule has 0 aliphatic carbocycles. The van der Waals surface area contributed by atoms with E-state index in [4.69, 9.17) is 14.6 Å². The van der Waals surface area contributed by atoms with Gasteiger partial charge in [-0.3, -0.25) is 9.48 Å². The highest BCUT2D eigenvalue weighted by atomic mass is 16.5. The number of hydrogen-bond donors (Lipinski definition) is 1. The van der Waals surface area contributed by atoms with Gasteiger partial charge in [0.25, 0.3) is 5.91 Å². The normalized spacial score (nSPS) is 10.8. The summed E-state index contributed by atoms with van der Waals surface area (Å²) in [5.41, 5.74) is 3.74. The highest BCUT2D eigenvalue weighted by Gasteiger charge is 2.21. The molecule has 1 amide bonds. The van der Waals surface area contributed by atoms with Crippen LogP contribution in [0.25, 0.3) is 16.9 Å². The summed E-state index contributed by atoms with van der Waals surface area (Å²) < 4.78 is 14.4. The van der Waals surface area contributed by atoms with Crippen LogP contribution in [0, 0.1) is 0 Å². The minimum atomic E-state index is -0.184. The fraction of sp³-hybridized carbons (Fsp3) is 0.240. The summed E-state index contributed by atoms with van der Waals surface area (Å²) in [4.78, 5) is 13.2. The maximum absolute atomic E-state index is 13.2. The molecule has 0 atom stereocenters. The van der Waals surface area contributed by atoms with Crippen molar-refractivity contribution in [3.8, 4) is 28.4 Å². The average Bonchev–Trinajstić information content (AvgIpc) is 3.48. The van der Waals surface area contributed by atoms with Gasteiger partial charge in [0.15, 0.2) is 0 Å². The van der Waals surface area contributed by atoms with Gasteiger partial charge in [0.1, 0.15) is 17.2 Å². The fourth-order valence-electron chi connectivity index (χ4n) is 3.64. The molecular formula is C25H27N5O3. The Bertz CT molecular complexity index is 1230. The third-order valence-corrected chi connectivity index (χ3v) is 5.33. The first-order valence-corrected chi connectivity index (χ1v) is 10.7. The Morgan fingerprint density at radius 1 is 1.06 bits per heavy atom. The molecule has 2 aromatic heterocycles. The van der Waals surface area contributed by atoms with Crippen LogP contribution in [-0.2, 0) is 13.5 Å². The van der Waals surface area contributed by atoms with E-state index in [0.717, 1.165) is 24.1 Å². The second-order valence-electron chi connectivity index (χ2n) is 7.62. The molecule has 0 saturated carbocycles. The molecule has 1 N–H and O–H groups in total. The van der Waals surface area contributed by atoms with Crippen molar-refractivity contribution < 1.29 is 14.3 Å². The number of aryl methyl sites for hydroxylation is 2.